The summed E-state index contributed by atoms with van der Waals surface area (Å²) >= 11 is 0. The van der Waals surface area contributed by atoms with Gasteiger partial charge in [-0.3, -0.25) is 0 Å². The lowest BCUT2D eigenvalue weighted by atomic mass is 9.90. The summed E-state index contributed by atoms with van der Waals surface area (Å²) in [4.78, 5) is 0. The molecule has 0 fully saturated rings. The van der Waals surface area contributed by atoms with Crippen LogP contribution in [0.15, 0.2) is 109 Å². The van der Waals surface area contributed by atoms with Crippen LogP contribution in [0.2, 0.25) is 0 Å². The van der Waals surface area contributed by atoms with E-state index in [1.165, 1.54) is 16.7 Å². The Kier molecular flexibility index (Phi) is 5.85. The van der Waals surface area contributed by atoms with Gasteiger partial charge in [-0.2, -0.15) is 0 Å². The molecule has 0 saturated heterocycles. The highest BCUT2D eigenvalue weighted by molar-refractivity contribution is 5.75. The average Bonchev–Trinajstić information content (AvgIpc) is 2.89. The van der Waals surface area contributed by atoms with E-state index >= 15 is 0 Å². The Labute approximate surface area is 152 Å². The van der Waals surface area contributed by atoms with E-state index in [-0.39, 0.29) is 5.92 Å². The van der Waals surface area contributed by atoms with Crippen LogP contribution in [0, 0.1) is 17.8 Å². The maximum absolute atomic E-state index is 2.37. The highest BCUT2D eigenvalue weighted by Gasteiger charge is 2.11. The van der Waals surface area contributed by atoms with E-state index in [0.29, 0.717) is 11.8 Å². The summed E-state index contributed by atoms with van der Waals surface area (Å²) in [5, 5.41) is 0. The summed E-state index contributed by atoms with van der Waals surface area (Å²) in [6.07, 6.45) is 26.9. The van der Waals surface area contributed by atoms with Crippen molar-refractivity contribution < 1.29 is 0 Å². The van der Waals surface area contributed by atoms with Crippen LogP contribution in [0.4, 0.5) is 0 Å². The zero-order valence-electron chi connectivity index (χ0n) is 15.0. The zero-order chi connectivity index (χ0) is 17.5. The molecule has 3 rings (SSSR count). The van der Waals surface area contributed by atoms with Crippen LogP contribution in [0.25, 0.3) is 5.57 Å². The molecular formula is C25H26. The Bertz CT molecular complexity index is 779. The molecule has 0 aliphatic heterocycles. The molecular weight excluding hydrogens is 300 g/mol. The predicted molar refractivity (Wildman–Crippen MR) is 110 cm³/mol. The zero-order valence-corrected chi connectivity index (χ0v) is 15.0. The Hall–Kier alpha value is -2.60. The van der Waals surface area contributed by atoms with Crippen LogP contribution in [0.1, 0.15) is 19.4 Å². The van der Waals surface area contributed by atoms with Gasteiger partial charge in [0.1, 0.15) is 0 Å². The van der Waals surface area contributed by atoms with E-state index in [4.69, 9.17) is 0 Å². The molecule has 1 aromatic carbocycles. The molecule has 0 aromatic heterocycles. The molecule has 3 atom stereocenters. The van der Waals surface area contributed by atoms with Crippen LogP contribution in [-0.2, 0) is 0 Å². The monoisotopic (exact) mass is 326 g/mol. The third kappa shape index (κ3) is 4.93. The Balaban J connectivity index is 1.97. The first-order valence-electron chi connectivity index (χ1n) is 9.09. The van der Waals surface area contributed by atoms with E-state index in [9.17, 15) is 0 Å². The van der Waals surface area contributed by atoms with Gasteiger partial charge in [-0.05, 0) is 28.5 Å². The van der Waals surface area contributed by atoms with Crippen LogP contribution >= 0.6 is 0 Å². The number of rotatable bonds is 2. The topological polar surface area (TPSA) is 0 Å². The molecule has 2 aliphatic rings. The fourth-order valence-electron chi connectivity index (χ4n) is 3.12. The van der Waals surface area contributed by atoms with Crippen LogP contribution in [0.5, 0.6) is 0 Å². The summed E-state index contributed by atoms with van der Waals surface area (Å²) in [5.74, 6) is 1.13. The van der Waals surface area contributed by atoms with Crippen LogP contribution in [0.3, 0.4) is 0 Å². The lowest BCUT2D eigenvalue weighted by Crippen LogP contribution is -2.00. The van der Waals surface area contributed by atoms with Gasteiger partial charge in [0.25, 0.3) is 0 Å². The largest absolute Gasteiger partial charge is 0.0779 e. The Morgan fingerprint density at radius 1 is 0.640 bits per heavy atom. The van der Waals surface area contributed by atoms with Gasteiger partial charge in [0.05, 0.1) is 0 Å². The summed E-state index contributed by atoms with van der Waals surface area (Å²) in [6, 6.07) is 10.6. The summed E-state index contributed by atoms with van der Waals surface area (Å²) in [5.41, 5.74) is 3.90. The molecule has 0 saturated carbocycles. The van der Waals surface area contributed by atoms with Crippen molar-refractivity contribution in [1.29, 1.82) is 0 Å². The van der Waals surface area contributed by atoms with Gasteiger partial charge in [0.2, 0.25) is 0 Å². The van der Waals surface area contributed by atoms with Gasteiger partial charge in [0, 0.05) is 5.92 Å². The van der Waals surface area contributed by atoms with E-state index in [0.717, 1.165) is 0 Å². The minimum atomic E-state index is 0.285. The molecule has 1 aromatic rings. The molecule has 0 amide bonds. The van der Waals surface area contributed by atoms with Crippen molar-refractivity contribution in [3.63, 3.8) is 0 Å². The van der Waals surface area contributed by atoms with Crippen molar-refractivity contribution >= 4 is 5.57 Å². The first-order valence-corrected chi connectivity index (χ1v) is 9.09. The number of hydrogen-bond donors (Lipinski definition) is 0. The second-order valence-corrected chi connectivity index (χ2v) is 6.77. The van der Waals surface area contributed by atoms with Crippen molar-refractivity contribution in [3.8, 4) is 0 Å². The number of hydrogen-bond acceptors (Lipinski definition) is 0. The SMILES string of the molecule is CC1/C=C\C=C/C(C)/C=C(C2C=CC=CC(c3ccccc3)=C2)\C=C/1. The first-order chi connectivity index (χ1) is 12.2. The lowest BCUT2D eigenvalue weighted by Gasteiger charge is -2.14. The van der Waals surface area contributed by atoms with Crippen molar-refractivity contribution in [1.82, 2.24) is 0 Å². The number of benzene rings is 1. The Morgan fingerprint density at radius 2 is 1.36 bits per heavy atom. The summed E-state index contributed by atoms with van der Waals surface area (Å²) in [6.45, 7) is 4.46. The van der Waals surface area contributed by atoms with Gasteiger partial charge in [0.15, 0.2) is 0 Å². The second kappa shape index (κ2) is 8.48. The smallest absolute Gasteiger partial charge is 0.0207 e. The molecule has 0 bridgehead atoms. The molecule has 3 unspecified atom stereocenters. The van der Waals surface area contributed by atoms with E-state index in [1.807, 2.05) is 0 Å². The van der Waals surface area contributed by atoms with E-state index < -0.39 is 0 Å². The van der Waals surface area contributed by atoms with Crippen LogP contribution < -0.4 is 0 Å². The van der Waals surface area contributed by atoms with Gasteiger partial charge in [-0.1, -0.05) is 117 Å². The molecule has 0 N–H and O–H groups in total. The maximum Gasteiger partial charge on any atom is 0.0207 e. The van der Waals surface area contributed by atoms with Crippen molar-refractivity contribution in [3.05, 3.63) is 114 Å². The van der Waals surface area contributed by atoms with E-state index in [1.54, 1.807) is 0 Å². The lowest BCUT2D eigenvalue weighted by molar-refractivity contribution is 0.880. The third-order valence-corrected chi connectivity index (χ3v) is 4.54. The quantitative estimate of drug-likeness (QED) is 0.567. The molecule has 0 heterocycles. The highest BCUT2D eigenvalue weighted by Crippen LogP contribution is 2.27. The minimum absolute atomic E-state index is 0.285. The number of allylic oxidation sites excluding steroid dienone is 14. The van der Waals surface area contributed by atoms with Gasteiger partial charge in [-0.25, -0.2) is 0 Å². The fraction of sp³-hybridized carbons (Fsp3) is 0.200. The van der Waals surface area contributed by atoms with Crippen molar-refractivity contribution in [2.45, 2.75) is 13.8 Å². The van der Waals surface area contributed by atoms with Crippen LogP contribution in [-0.4, -0.2) is 0 Å². The predicted octanol–water partition coefficient (Wildman–Crippen LogP) is 6.69. The molecule has 0 spiro atoms. The fourth-order valence-corrected chi connectivity index (χ4v) is 3.12. The van der Waals surface area contributed by atoms with Gasteiger partial charge >= 0.3 is 0 Å². The molecule has 25 heavy (non-hydrogen) atoms. The molecule has 0 heteroatoms. The average molecular weight is 326 g/mol. The first kappa shape index (κ1) is 17.2. The summed E-state index contributed by atoms with van der Waals surface area (Å²) < 4.78 is 0. The molecule has 2 aliphatic carbocycles. The third-order valence-electron chi connectivity index (χ3n) is 4.54. The van der Waals surface area contributed by atoms with Gasteiger partial charge in [-0.15, -0.1) is 0 Å². The van der Waals surface area contributed by atoms with E-state index in [2.05, 4.69) is 117 Å². The molecule has 126 valence electrons. The highest BCUT2D eigenvalue weighted by atomic mass is 14.2. The van der Waals surface area contributed by atoms with Gasteiger partial charge < -0.3 is 0 Å². The normalized spacial score (nSPS) is 32.0. The maximum atomic E-state index is 2.37. The molecule has 0 nitrogen and oxygen atoms in total. The van der Waals surface area contributed by atoms with Crippen molar-refractivity contribution in [2.75, 3.05) is 0 Å². The van der Waals surface area contributed by atoms with Crippen molar-refractivity contribution in [2.24, 2.45) is 17.8 Å². The minimum Gasteiger partial charge on any atom is -0.0779 e. The summed E-state index contributed by atoms with van der Waals surface area (Å²) in [7, 11) is 0. The Morgan fingerprint density at radius 3 is 2.16 bits per heavy atom. The second-order valence-electron chi connectivity index (χ2n) is 6.77. The standard InChI is InChI=1S/C25H26/c1-20-10-6-7-11-21(2)18-25(17-16-20)24-15-9-8-14-23(19-24)22-12-4-3-5-13-22/h3-21,24H,1-2H3/b10-6-,11-7-,17-16-,25-18+. The molecule has 0 radical (unpaired) electrons.